The third-order valence-corrected chi connectivity index (χ3v) is 7.10. The Morgan fingerprint density at radius 1 is 1.06 bits per heavy atom. The van der Waals surface area contributed by atoms with Crippen LogP contribution in [0, 0.1) is 0 Å². The Kier molecular flexibility index (Phi) is 5.55. The summed E-state index contributed by atoms with van der Waals surface area (Å²) in [5, 5.41) is -0.0127. The van der Waals surface area contributed by atoms with Gasteiger partial charge in [-0.3, -0.25) is 0 Å². The van der Waals surface area contributed by atoms with Crippen LogP contribution in [-0.2, 0) is 23.1 Å². The van der Waals surface area contributed by atoms with Gasteiger partial charge in [0, 0.05) is 18.7 Å². The molecule has 0 bridgehead atoms. The number of halogens is 3. The molecule has 174 valence electrons. The van der Waals surface area contributed by atoms with Crippen LogP contribution in [0.5, 0.6) is 0 Å². The SMILES string of the molecule is CCS(=O)(=O)c1c(-c2nc3cc(C(F)(F)F)ncc3n2C)nc(-c2ccccc2)n1C(C)C. The number of hydrogen-bond acceptors (Lipinski definition) is 5. The van der Waals surface area contributed by atoms with Crippen molar-refractivity contribution in [3.05, 3.63) is 48.3 Å². The highest BCUT2D eigenvalue weighted by Crippen LogP contribution is 2.37. The summed E-state index contributed by atoms with van der Waals surface area (Å²) in [5.74, 6) is 0.416. The van der Waals surface area contributed by atoms with Gasteiger partial charge in [-0.15, -0.1) is 0 Å². The number of fused-ring (bicyclic) bond motifs is 1. The van der Waals surface area contributed by atoms with E-state index in [0.29, 0.717) is 16.9 Å². The predicted octanol–water partition coefficient (Wildman–Crippen LogP) is 4.89. The lowest BCUT2D eigenvalue weighted by molar-refractivity contribution is -0.141. The molecule has 0 saturated heterocycles. The summed E-state index contributed by atoms with van der Waals surface area (Å²) in [4.78, 5) is 12.5. The molecular weight excluding hydrogens is 455 g/mol. The summed E-state index contributed by atoms with van der Waals surface area (Å²) >= 11 is 0. The molecule has 4 rings (SSSR count). The van der Waals surface area contributed by atoms with Crippen molar-refractivity contribution in [2.75, 3.05) is 5.75 Å². The van der Waals surface area contributed by atoms with Crippen LogP contribution >= 0.6 is 0 Å². The molecule has 0 unspecified atom stereocenters. The van der Waals surface area contributed by atoms with Crippen molar-refractivity contribution in [3.63, 3.8) is 0 Å². The predicted molar refractivity (Wildman–Crippen MR) is 118 cm³/mol. The van der Waals surface area contributed by atoms with Gasteiger partial charge >= 0.3 is 6.18 Å². The van der Waals surface area contributed by atoms with Gasteiger partial charge in [0.1, 0.15) is 17.2 Å². The maximum Gasteiger partial charge on any atom is 0.433 e. The lowest BCUT2D eigenvalue weighted by atomic mass is 10.2. The van der Waals surface area contributed by atoms with Crippen molar-refractivity contribution in [2.45, 2.75) is 38.0 Å². The molecule has 3 aromatic heterocycles. The van der Waals surface area contributed by atoms with Crippen molar-refractivity contribution in [3.8, 4) is 22.9 Å². The first-order valence-electron chi connectivity index (χ1n) is 10.3. The van der Waals surface area contributed by atoms with E-state index < -0.39 is 21.7 Å². The van der Waals surface area contributed by atoms with Gasteiger partial charge in [0.25, 0.3) is 0 Å². The second-order valence-corrected chi connectivity index (χ2v) is 10.1. The van der Waals surface area contributed by atoms with Crippen LogP contribution in [0.15, 0.2) is 47.6 Å². The average molecular weight is 478 g/mol. The second-order valence-electron chi connectivity index (χ2n) is 7.87. The van der Waals surface area contributed by atoms with E-state index >= 15 is 0 Å². The van der Waals surface area contributed by atoms with E-state index in [0.717, 1.165) is 12.3 Å². The minimum absolute atomic E-state index is 0.0127. The standard InChI is InChI=1S/C22H22F3N5O2S/c1-5-33(31,32)21-18(28-19(30(21)13(2)3)14-9-7-6-8-10-14)20-27-15-11-17(22(23,24)25)26-12-16(15)29(20)4/h6-13H,5H2,1-4H3. The van der Waals surface area contributed by atoms with Gasteiger partial charge in [-0.2, -0.15) is 13.2 Å². The van der Waals surface area contributed by atoms with Gasteiger partial charge in [0.05, 0.1) is 23.0 Å². The van der Waals surface area contributed by atoms with Crippen molar-refractivity contribution >= 4 is 20.9 Å². The normalized spacial score (nSPS) is 12.7. The quantitative estimate of drug-likeness (QED) is 0.409. The smallest absolute Gasteiger partial charge is 0.324 e. The molecular formula is C22H22F3N5O2S. The summed E-state index contributed by atoms with van der Waals surface area (Å²) in [6.07, 6.45) is -3.54. The largest absolute Gasteiger partial charge is 0.433 e. The third kappa shape index (κ3) is 3.90. The Balaban J connectivity index is 2.07. The Morgan fingerprint density at radius 3 is 2.30 bits per heavy atom. The van der Waals surface area contributed by atoms with E-state index in [1.807, 2.05) is 44.2 Å². The maximum absolute atomic E-state index is 13.2. The van der Waals surface area contributed by atoms with Crippen molar-refractivity contribution in [1.82, 2.24) is 24.1 Å². The fourth-order valence-electron chi connectivity index (χ4n) is 3.72. The number of rotatable bonds is 5. The van der Waals surface area contributed by atoms with Crippen molar-refractivity contribution in [2.24, 2.45) is 7.05 Å². The summed E-state index contributed by atoms with van der Waals surface area (Å²) in [6.45, 7) is 5.23. The number of imidazole rings is 2. The molecule has 0 aliphatic carbocycles. The first kappa shape index (κ1) is 23.0. The van der Waals surface area contributed by atoms with Gasteiger partial charge in [-0.1, -0.05) is 37.3 Å². The lowest BCUT2D eigenvalue weighted by Gasteiger charge is -2.16. The van der Waals surface area contributed by atoms with E-state index in [-0.39, 0.29) is 33.9 Å². The van der Waals surface area contributed by atoms with Crippen molar-refractivity contribution < 1.29 is 21.6 Å². The molecule has 0 amide bonds. The number of pyridine rings is 1. The molecule has 0 radical (unpaired) electrons. The van der Waals surface area contributed by atoms with E-state index in [9.17, 15) is 21.6 Å². The lowest BCUT2D eigenvalue weighted by Crippen LogP contribution is -2.15. The number of aryl methyl sites for hydroxylation is 1. The van der Waals surface area contributed by atoms with Gasteiger partial charge in [0.2, 0.25) is 0 Å². The van der Waals surface area contributed by atoms with Gasteiger partial charge in [-0.25, -0.2) is 23.4 Å². The number of alkyl halides is 3. The first-order chi connectivity index (χ1) is 15.5. The van der Waals surface area contributed by atoms with Crippen LogP contribution in [0.3, 0.4) is 0 Å². The van der Waals surface area contributed by atoms with Crippen LogP contribution in [0.1, 0.15) is 32.5 Å². The van der Waals surface area contributed by atoms with Gasteiger partial charge in [0.15, 0.2) is 20.7 Å². The zero-order valence-electron chi connectivity index (χ0n) is 18.4. The zero-order chi connectivity index (χ0) is 24.1. The van der Waals surface area contributed by atoms with Crippen LogP contribution in [0.4, 0.5) is 13.2 Å². The van der Waals surface area contributed by atoms with Gasteiger partial charge in [-0.05, 0) is 19.9 Å². The fourth-order valence-corrected chi connectivity index (χ4v) is 5.02. The zero-order valence-corrected chi connectivity index (χ0v) is 19.2. The first-order valence-corrected chi connectivity index (χ1v) is 11.9. The highest BCUT2D eigenvalue weighted by Gasteiger charge is 2.34. The summed E-state index contributed by atoms with van der Waals surface area (Å²) in [5.41, 5.74) is 0.119. The molecule has 0 N–H and O–H groups in total. The molecule has 11 heteroatoms. The van der Waals surface area contributed by atoms with Crippen LogP contribution in [0.2, 0.25) is 0 Å². The Bertz CT molecular complexity index is 1440. The number of hydrogen-bond donors (Lipinski definition) is 0. The number of aromatic nitrogens is 5. The molecule has 0 spiro atoms. The number of benzene rings is 1. The summed E-state index contributed by atoms with van der Waals surface area (Å²) in [6, 6.07) is 9.72. The Morgan fingerprint density at radius 2 is 1.73 bits per heavy atom. The van der Waals surface area contributed by atoms with Crippen LogP contribution in [0.25, 0.3) is 33.9 Å². The number of sulfone groups is 1. The molecule has 0 aliphatic heterocycles. The fraction of sp³-hybridized carbons (Fsp3) is 0.318. The molecule has 33 heavy (non-hydrogen) atoms. The Hall–Kier alpha value is -3.21. The van der Waals surface area contributed by atoms with Crippen LogP contribution < -0.4 is 0 Å². The minimum Gasteiger partial charge on any atom is -0.324 e. The average Bonchev–Trinajstić information content (AvgIpc) is 3.32. The number of nitrogens with zero attached hydrogens (tertiary/aromatic N) is 5. The molecule has 0 aliphatic rings. The molecule has 3 heterocycles. The van der Waals surface area contributed by atoms with E-state index in [4.69, 9.17) is 0 Å². The minimum atomic E-state index is -4.62. The molecule has 7 nitrogen and oxygen atoms in total. The second kappa shape index (κ2) is 7.98. The molecule has 0 fully saturated rings. The van der Waals surface area contributed by atoms with E-state index in [2.05, 4.69) is 15.0 Å². The van der Waals surface area contributed by atoms with E-state index in [1.165, 1.54) is 11.5 Å². The molecule has 0 atom stereocenters. The summed E-state index contributed by atoms with van der Waals surface area (Å²) < 4.78 is 69.0. The van der Waals surface area contributed by atoms with Gasteiger partial charge < -0.3 is 9.13 Å². The van der Waals surface area contributed by atoms with Crippen LogP contribution in [-0.4, -0.2) is 38.3 Å². The highest BCUT2D eigenvalue weighted by molar-refractivity contribution is 7.91. The van der Waals surface area contributed by atoms with E-state index in [1.54, 1.807) is 11.6 Å². The third-order valence-electron chi connectivity index (χ3n) is 5.36. The highest BCUT2D eigenvalue weighted by atomic mass is 32.2. The Labute approximate surface area is 188 Å². The molecule has 4 aromatic rings. The molecule has 1 aromatic carbocycles. The summed E-state index contributed by atoms with van der Waals surface area (Å²) in [7, 11) is -2.18. The monoisotopic (exact) mass is 477 g/mol. The molecule has 0 saturated carbocycles. The van der Waals surface area contributed by atoms with Crippen molar-refractivity contribution in [1.29, 1.82) is 0 Å². The maximum atomic E-state index is 13.2. The topological polar surface area (TPSA) is 82.7 Å².